The van der Waals surface area contributed by atoms with Crippen LogP contribution in [0.2, 0.25) is 10.0 Å². The Morgan fingerprint density at radius 2 is 1.53 bits per heavy atom. The number of halogens is 2. The molecule has 0 aliphatic rings. The van der Waals surface area contributed by atoms with E-state index in [4.69, 9.17) is 37.4 Å². The van der Waals surface area contributed by atoms with Crippen molar-refractivity contribution in [1.29, 1.82) is 0 Å². The third-order valence-electron chi connectivity index (χ3n) is 4.89. The molecule has 0 radical (unpaired) electrons. The molecular formula is C26H34Cl2N2O6. The minimum Gasteiger partial charge on any atom is -0.505 e. The lowest BCUT2D eigenvalue weighted by Gasteiger charge is -2.37. The normalized spacial score (nSPS) is 12.9. The Labute approximate surface area is 222 Å². The van der Waals surface area contributed by atoms with Gasteiger partial charge in [0.2, 0.25) is 6.41 Å². The van der Waals surface area contributed by atoms with Crippen molar-refractivity contribution in [1.82, 2.24) is 4.90 Å². The van der Waals surface area contributed by atoms with Gasteiger partial charge in [-0.15, -0.1) is 0 Å². The van der Waals surface area contributed by atoms with Gasteiger partial charge in [-0.25, -0.2) is 4.79 Å². The summed E-state index contributed by atoms with van der Waals surface area (Å²) in [4.78, 5) is 26.8. The highest BCUT2D eigenvalue weighted by molar-refractivity contribution is 6.37. The average molecular weight is 541 g/mol. The van der Waals surface area contributed by atoms with Gasteiger partial charge >= 0.3 is 5.97 Å². The lowest BCUT2D eigenvalue weighted by atomic mass is 10.1. The number of carbonyl (C=O) groups excluding carboxylic acids is 2. The van der Waals surface area contributed by atoms with Gasteiger partial charge in [0, 0.05) is 17.7 Å². The largest absolute Gasteiger partial charge is 0.505 e. The van der Waals surface area contributed by atoms with Crippen molar-refractivity contribution >= 4 is 40.8 Å². The summed E-state index contributed by atoms with van der Waals surface area (Å²) in [6, 6.07) is 8.88. The van der Waals surface area contributed by atoms with Crippen molar-refractivity contribution in [3.05, 3.63) is 57.6 Å². The first-order chi connectivity index (χ1) is 16.6. The molecule has 0 spiro atoms. The topological polar surface area (TPSA) is 97.3 Å². The Morgan fingerprint density at radius 1 is 0.972 bits per heavy atom. The molecule has 1 unspecified atom stereocenters. The maximum absolute atomic E-state index is 12.5. The van der Waals surface area contributed by atoms with E-state index in [1.54, 1.807) is 24.3 Å². The van der Waals surface area contributed by atoms with Crippen LogP contribution in [0.3, 0.4) is 0 Å². The second-order valence-corrected chi connectivity index (χ2v) is 10.9. The number of anilines is 1. The van der Waals surface area contributed by atoms with Crippen LogP contribution < -0.4 is 5.32 Å². The fourth-order valence-electron chi connectivity index (χ4n) is 2.93. The van der Waals surface area contributed by atoms with Crippen LogP contribution in [0.5, 0.6) is 5.75 Å². The van der Waals surface area contributed by atoms with Gasteiger partial charge in [0.05, 0.1) is 33.4 Å². The molecule has 0 bridgehead atoms. The van der Waals surface area contributed by atoms with Gasteiger partial charge in [0.1, 0.15) is 0 Å². The SMILES string of the molecule is CN(C)C(OC(C)(C)C)OC(C)(C)CCOC(=O)c1ccc(NC(=O)c2cc(Cl)c(O)c(Cl)c2)cc1. The first-order valence-electron chi connectivity index (χ1n) is 11.4. The van der Waals surface area contributed by atoms with Gasteiger partial charge in [-0.3, -0.25) is 9.69 Å². The summed E-state index contributed by atoms with van der Waals surface area (Å²) in [6.07, 6.45) is -0.0882. The summed E-state index contributed by atoms with van der Waals surface area (Å²) >= 11 is 11.7. The van der Waals surface area contributed by atoms with Crippen LogP contribution in [0.15, 0.2) is 36.4 Å². The summed E-state index contributed by atoms with van der Waals surface area (Å²) < 4.78 is 17.5. The second-order valence-electron chi connectivity index (χ2n) is 10.1. The van der Waals surface area contributed by atoms with E-state index in [0.29, 0.717) is 17.7 Å². The number of hydrogen-bond donors (Lipinski definition) is 2. The van der Waals surface area contributed by atoms with E-state index in [9.17, 15) is 14.7 Å². The second kappa shape index (κ2) is 12.3. The lowest BCUT2D eigenvalue weighted by molar-refractivity contribution is -0.290. The first-order valence-corrected chi connectivity index (χ1v) is 12.1. The third kappa shape index (κ3) is 9.26. The monoisotopic (exact) mass is 540 g/mol. The van der Waals surface area contributed by atoms with Gasteiger partial charge in [-0.2, -0.15) is 0 Å². The highest BCUT2D eigenvalue weighted by Crippen LogP contribution is 2.33. The molecule has 0 saturated heterocycles. The number of phenolic OH excluding ortho intramolecular Hbond substituents is 1. The molecule has 0 fully saturated rings. The van der Waals surface area contributed by atoms with Crippen LogP contribution in [0.1, 0.15) is 61.8 Å². The molecule has 0 saturated carbocycles. The van der Waals surface area contributed by atoms with Gasteiger partial charge in [-0.1, -0.05) is 23.2 Å². The zero-order valence-electron chi connectivity index (χ0n) is 21.6. The van der Waals surface area contributed by atoms with Gasteiger partial charge in [-0.05, 0) is 85.1 Å². The number of esters is 1. The molecule has 0 aromatic heterocycles. The summed E-state index contributed by atoms with van der Waals surface area (Å²) in [5.74, 6) is -1.25. The lowest BCUT2D eigenvalue weighted by Crippen LogP contribution is -2.45. The molecule has 1 amide bonds. The molecule has 2 N–H and O–H groups in total. The zero-order valence-corrected chi connectivity index (χ0v) is 23.2. The smallest absolute Gasteiger partial charge is 0.338 e. The van der Waals surface area contributed by atoms with E-state index in [1.807, 2.05) is 53.6 Å². The number of rotatable bonds is 10. The minimum absolute atomic E-state index is 0.0294. The number of amides is 1. The molecule has 8 nitrogen and oxygen atoms in total. The summed E-state index contributed by atoms with van der Waals surface area (Å²) in [7, 11) is 3.74. The number of benzene rings is 2. The molecule has 2 aromatic carbocycles. The predicted octanol–water partition coefficient (Wildman–Crippen LogP) is 5.95. The fourth-order valence-corrected chi connectivity index (χ4v) is 3.42. The van der Waals surface area contributed by atoms with Crippen LogP contribution in [0, 0.1) is 0 Å². The fraction of sp³-hybridized carbons (Fsp3) is 0.462. The molecular weight excluding hydrogens is 507 g/mol. The average Bonchev–Trinajstić information content (AvgIpc) is 2.75. The quantitative estimate of drug-likeness (QED) is 0.283. The molecule has 198 valence electrons. The highest BCUT2D eigenvalue weighted by Gasteiger charge is 2.29. The summed E-state index contributed by atoms with van der Waals surface area (Å²) in [6.45, 7) is 9.84. The molecule has 0 aliphatic carbocycles. The maximum atomic E-state index is 12.5. The minimum atomic E-state index is -0.603. The van der Waals surface area contributed by atoms with Crippen molar-refractivity contribution in [2.75, 3.05) is 26.0 Å². The van der Waals surface area contributed by atoms with E-state index >= 15 is 0 Å². The number of phenols is 1. The van der Waals surface area contributed by atoms with E-state index < -0.39 is 23.9 Å². The Hall–Kier alpha value is -2.36. The molecule has 0 heterocycles. The van der Waals surface area contributed by atoms with Crippen molar-refractivity contribution in [3.8, 4) is 5.75 Å². The van der Waals surface area contributed by atoms with E-state index in [0.717, 1.165) is 0 Å². The molecule has 2 rings (SSSR count). The zero-order chi connectivity index (χ0) is 27.3. The number of nitrogens with zero attached hydrogens (tertiary/aromatic N) is 1. The number of nitrogens with one attached hydrogen (secondary N) is 1. The Balaban J connectivity index is 1.90. The molecule has 10 heteroatoms. The van der Waals surface area contributed by atoms with Crippen molar-refractivity contribution in [2.24, 2.45) is 0 Å². The Bertz CT molecular complexity index is 1040. The summed E-state index contributed by atoms with van der Waals surface area (Å²) in [5, 5.41) is 12.3. The maximum Gasteiger partial charge on any atom is 0.338 e. The standard InChI is InChI=1S/C26H34Cl2N2O6/c1-25(2,3)35-24(30(6)7)36-26(4,5)12-13-34-23(33)16-8-10-18(11-9-16)29-22(32)17-14-19(27)21(31)20(28)15-17/h8-11,14-15,24,31H,12-13H2,1-7H3,(H,29,32). The van der Waals surface area contributed by atoms with Crippen LogP contribution in [-0.2, 0) is 14.2 Å². The van der Waals surface area contributed by atoms with Crippen LogP contribution >= 0.6 is 23.2 Å². The van der Waals surface area contributed by atoms with Gasteiger partial charge < -0.3 is 24.6 Å². The predicted molar refractivity (Wildman–Crippen MR) is 141 cm³/mol. The number of carbonyl (C=O) groups is 2. The highest BCUT2D eigenvalue weighted by atomic mass is 35.5. The third-order valence-corrected chi connectivity index (χ3v) is 5.47. The van der Waals surface area contributed by atoms with Gasteiger partial charge in [0.15, 0.2) is 5.75 Å². The number of aromatic hydroxyl groups is 1. The van der Waals surface area contributed by atoms with Crippen molar-refractivity contribution in [3.63, 3.8) is 0 Å². The van der Waals surface area contributed by atoms with Crippen LogP contribution in [0.4, 0.5) is 5.69 Å². The number of hydrogen-bond acceptors (Lipinski definition) is 7. The molecule has 0 aliphatic heterocycles. The first kappa shape index (κ1) is 29.9. The van der Waals surface area contributed by atoms with Crippen molar-refractivity contribution in [2.45, 2.75) is 58.7 Å². The van der Waals surface area contributed by atoms with Crippen LogP contribution in [0.25, 0.3) is 0 Å². The van der Waals surface area contributed by atoms with E-state index in [1.165, 1.54) is 12.1 Å². The van der Waals surface area contributed by atoms with Crippen molar-refractivity contribution < 1.29 is 28.9 Å². The molecule has 36 heavy (non-hydrogen) atoms. The molecule has 1 atom stereocenters. The van der Waals surface area contributed by atoms with Gasteiger partial charge in [0.25, 0.3) is 5.91 Å². The van der Waals surface area contributed by atoms with Crippen LogP contribution in [-0.4, -0.2) is 60.2 Å². The van der Waals surface area contributed by atoms with E-state index in [2.05, 4.69) is 5.32 Å². The summed E-state index contributed by atoms with van der Waals surface area (Å²) in [5.41, 5.74) is -0.00721. The number of ether oxygens (including phenoxy) is 3. The molecule has 2 aromatic rings. The Morgan fingerprint density at radius 3 is 2.03 bits per heavy atom. The van der Waals surface area contributed by atoms with E-state index in [-0.39, 0.29) is 33.6 Å². The Kier molecular flexibility index (Phi) is 10.2.